The summed E-state index contributed by atoms with van der Waals surface area (Å²) < 4.78 is 37.3. The van der Waals surface area contributed by atoms with Crippen LogP contribution in [-0.2, 0) is 19.6 Å². The standard InChI is InChI=1S/C18H19Cl2NO5S/c1-12-3-6-15(7-4-12)27(23,24)21-13(2)18(22)26-10-9-25-17-8-5-14(19)11-16(17)20/h3-8,11,13,21H,9-10H2,1-2H3/t13-/m0/s1. The highest BCUT2D eigenvalue weighted by Crippen LogP contribution is 2.27. The monoisotopic (exact) mass is 431 g/mol. The largest absolute Gasteiger partial charge is 0.488 e. The number of aryl methyl sites for hydroxylation is 1. The second kappa shape index (κ2) is 9.41. The molecule has 0 amide bonds. The minimum atomic E-state index is -3.82. The van der Waals surface area contributed by atoms with Crippen LogP contribution < -0.4 is 9.46 Å². The number of sulfonamides is 1. The van der Waals surface area contributed by atoms with E-state index in [0.717, 1.165) is 5.56 Å². The molecule has 27 heavy (non-hydrogen) atoms. The number of hydrogen-bond donors (Lipinski definition) is 1. The lowest BCUT2D eigenvalue weighted by molar-refractivity contribution is -0.145. The molecule has 6 nitrogen and oxygen atoms in total. The highest BCUT2D eigenvalue weighted by atomic mass is 35.5. The Hall–Kier alpha value is -1.80. The Labute approximate surface area is 168 Å². The number of halogens is 2. The minimum absolute atomic E-state index is 0.0600. The molecule has 0 aliphatic rings. The fourth-order valence-corrected chi connectivity index (χ4v) is 3.73. The Morgan fingerprint density at radius 1 is 1.11 bits per heavy atom. The zero-order valence-corrected chi connectivity index (χ0v) is 17.1. The second-order valence-electron chi connectivity index (χ2n) is 5.75. The van der Waals surface area contributed by atoms with Crippen LogP contribution in [0.1, 0.15) is 12.5 Å². The van der Waals surface area contributed by atoms with Gasteiger partial charge in [-0.05, 0) is 44.2 Å². The molecule has 0 saturated heterocycles. The van der Waals surface area contributed by atoms with Gasteiger partial charge in [0.25, 0.3) is 0 Å². The van der Waals surface area contributed by atoms with Crippen LogP contribution in [0.25, 0.3) is 0 Å². The molecule has 0 aromatic heterocycles. The first-order chi connectivity index (χ1) is 12.7. The molecule has 0 heterocycles. The smallest absolute Gasteiger partial charge is 0.324 e. The molecule has 2 rings (SSSR count). The van der Waals surface area contributed by atoms with Gasteiger partial charge in [0, 0.05) is 5.02 Å². The van der Waals surface area contributed by atoms with Gasteiger partial charge in [0.05, 0.1) is 9.92 Å². The van der Waals surface area contributed by atoms with Crippen LogP contribution in [0.5, 0.6) is 5.75 Å². The predicted octanol–water partition coefficient (Wildman–Crippen LogP) is 3.59. The summed E-state index contributed by atoms with van der Waals surface area (Å²) in [5.74, 6) is -0.304. The van der Waals surface area contributed by atoms with Gasteiger partial charge in [0.1, 0.15) is 25.0 Å². The van der Waals surface area contributed by atoms with E-state index in [9.17, 15) is 13.2 Å². The second-order valence-corrected chi connectivity index (χ2v) is 8.30. The van der Waals surface area contributed by atoms with Gasteiger partial charge in [-0.3, -0.25) is 4.79 Å². The third kappa shape index (κ3) is 6.39. The van der Waals surface area contributed by atoms with Gasteiger partial charge in [0.15, 0.2) is 0 Å². The van der Waals surface area contributed by atoms with Crippen molar-refractivity contribution >= 4 is 39.2 Å². The topological polar surface area (TPSA) is 81.7 Å². The van der Waals surface area contributed by atoms with E-state index in [1.165, 1.54) is 25.1 Å². The predicted molar refractivity (Wildman–Crippen MR) is 104 cm³/mol. The lowest BCUT2D eigenvalue weighted by Crippen LogP contribution is -2.39. The Morgan fingerprint density at radius 2 is 1.78 bits per heavy atom. The first kappa shape index (κ1) is 21.5. The maximum atomic E-state index is 12.3. The van der Waals surface area contributed by atoms with Crippen molar-refractivity contribution in [3.05, 3.63) is 58.1 Å². The van der Waals surface area contributed by atoms with Crippen molar-refractivity contribution < 1.29 is 22.7 Å². The van der Waals surface area contributed by atoms with E-state index in [0.29, 0.717) is 15.8 Å². The molecule has 2 aromatic carbocycles. The van der Waals surface area contributed by atoms with Gasteiger partial charge >= 0.3 is 5.97 Å². The van der Waals surface area contributed by atoms with Crippen LogP contribution in [0.3, 0.4) is 0 Å². The molecule has 0 aliphatic heterocycles. The highest BCUT2D eigenvalue weighted by Gasteiger charge is 2.23. The van der Waals surface area contributed by atoms with E-state index in [-0.39, 0.29) is 18.1 Å². The summed E-state index contributed by atoms with van der Waals surface area (Å²) in [5, 5.41) is 0.821. The van der Waals surface area contributed by atoms with E-state index in [1.54, 1.807) is 24.3 Å². The molecular weight excluding hydrogens is 413 g/mol. The van der Waals surface area contributed by atoms with Crippen molar-refractivity contribution in [2.75, 3.05) is 13.2 Å². The first-order valence-electron chi connectivity index (χ1n) is 8.02. The van der Waals surface area contributed by atoms with E-state index in [2.05, 4.69) is 4.72 Å². The SMILES string of the molecule is Cc1ccc(S(=O)(=O)N[C@@H](C)C(=O)OCCOc2ccc(Cl)cc2Cl)cc1. The van der Waals surface area contributed by atoms with E-state index in [1.807, 2.05) is 6.92 Å². The number of rotatable bonds is 8. The summed E-state index contributed by atoms with van der Waals surface area (Å²) >= 11 is 11.8. The van der Waals surface area contributed by atoms with Crippen LogP contribution >= 0.6 is 23.2 Å². The van der Waals surface area contributed by atoms with Crippen molar-refractivity contribution in [3.63, 3.8) is 0 Å². The van der Waals surface area contributed by atoms with Gasteiger partial charge in [0.2, 0.25) is 10.0 Å². The average molecular weight is 432 g/mol. The quantitative estimate of drug-likeness (QED) is 0.509. The summed E-state index contributed by atoms with van der Waals surface area (Å²) in [7, 11) is -3.82. The van der Waals surface area contributed by atoms with Crippen molar-refractivity contribution in [1.82, 2.24) is 4.72 Å². The molecule has 0 fully saturated rings. The summed E-state index contributed by atoms with van der Waals surface area (Å²) in [5.41, 5.74) is 0.933. The molecule has 0 bridgehead atoms. The van der Waals surface area contributed by atoms with Crippen molar-refractivity contribution in [2.45, 2.75) is 24.8 Å². The third-order valence-corrected chi connectivity index (χ3v) is 5.58. The Kier molecular flexibility index (Phi) is 7.49. The lowest BCUT2D eigenvalue weighted by atomic mass is 10.2. The first-order valence-corrected chi connectivity index (χ1v) is 10.3. The van der Waals surface area contributed by atoms with Gasteiger partial charge in [-0.1, -0.05) is 40.9 Å². The number of carbonyl (C=O) groups is 1. The Morgan fingerprint density at radius 3 is 2.41 bits per heavy atom. The number of benzene rings is 2. The number of nitrogens with one attached hydrogen (secondary N) is 1. The Bertz CT molecular complexity index is 900. The molecule has 0 saturated carbocycles. The number of hydrogen-bond acceptors (Lipinski definition) is 5. The molecule has 0 radical (unpaired) electrons. The van der Waals surface area contributed by atoms with E-state index >= 15 is 0 Å². The molecule has 146 valence electrons. The number of carbonyl (C=O) groups excluding carboxylic acids is 1. The highest BCUT2D eigenvalue weighted by molar-refractivity contribution is 7.89. The van der Waals surface area contributed by atoms with Gasteiger partial charge in [-0.25, -0.2) is 8.42 Å². The van der Waals surface area contributed by atoms with Crippen molar-refractivity contribution in [2.24, 2.45) is 0 Å². The number of esters is 1. The summed E-state index contributed by atoms with van der Waals surface area (Å²) in [6, 6.07) is 10.0. The van der Waals surface area contributed by atoms with Crippen molar-refractivity contribution in [3.8, 4) is 5.75 Å². The normalized spacial score (nSPS) is 12.4. The van der Waals surface area contributed by atoms with Gasteiger partial charge in [-0.2, -0.15) is 4.72 Å². The maximum absolute atomic E-state index is 12.3. The summed E-state index contributed by atoms with van der Waals surface area (Å²) in [6.07, 6.45) is 0. The Balaban J connectivity index is 1.82. The fraction of sp³-hybridized carbons (Fsp3) is 0.278. The minimum Gasteiger partial charge on any atom is -0.488 e. The molecule has 0 unspecified atom stereocenters. The molecular formula is C18H19Cl2NO5S. The molecule has 9 heteroatoms. The molecule has 2 aromatic rings. The zero-order valence-electron chi connectivity index (χ0n) is 14.7. The van der Waals surface area contributed by atoms with Crippen LogP contribution in [-0.4, -0.2) is 33.6 Å². The van der Waals surface area contributed by atoms with Crippen molar-refractivity contribution in [1.29, 1.82) is 0 Å². The van der Waals surface area contributed by atoms with Crippen LogP contribution in [0.2, 0.25) is 10.0 Å². The molecule has 1 atom stereocenters. The summed E-state index contributed by atoms with van der Waals surface area (Å²) in [6.45, 7) is 3.26. The van der Waals surface area contributed by atoms with E-state index < -0.39 is 22.0 Å². The number of ether oxygens (including phenoxy) is 2. The summed E-state index contributed by atoms with van der Waals surface area (Å²) in [4.78, 5) is 12.1. The van der Waals surface area contributed by atoms with Gasteiger partial charge < -0.3 is 9.47 Å². The van der Waals surface area contributed by atoms with Crippen LogP contribution in [0.15, 0.2) is 47.4 Å². The van der Waals surface area contributed by atoms with Gasteiger partial charge in [-0.15, -0.1) is 0 Å². The van der Waals surface area contributed by atoms with Crippen LogP contribution in [0.4, 0.5) is 0 Å². The molecule has 1 N–H and O–H groups in total. The third-order valence-electron chi connectivity index (χ3n) is 3.50. The molecule has 0 spiro atoms. The maximum Gasteiger partial charge on any atom is 0.324 e. The van der Waals surface area contributed by atoms with E-state index in [4.69, 9.17) is 32.7 Å². The average Bonchev–Trinajstić information content (AvgIpc) is 2.60. The fourth-order valence-electron chi connectivity index (χ4n) is 2.08. The lowest BCUT2D eigenvalue weighted by Gasteiger charge is -2.14. The zero-order chi connectivity index (χ0) is 20.0. The molecule has 0 aliphatic carbocycles. The van der Waals surface area contributed by atoms with Crippen LogP contribution in [0, 0.1) is 6.92 Å².